The molecule has 0 spiro atoms. The van der Waals surface area contributed by atoms with Crippen LogP contribution in [0.3, 0.4) is 0 Å². The smallest absolute Gasteiger partial charge is 0.232 e. The summed E-state index contributed by atoms with van der Waals surface area (Å²) in [5.41, 5.74) is 5.13. The van der Waals surface area contributed by atoms with Crippen molar-refractivity contribution < 1.29 is 14.3 Å². The van der Waals surface area contributed by atoms with Crippen molar-refractivity contribution in [1.29, 1.82) is 0 Å². The number of fused-ring (bicyclic) bond motifs is 1. The summed E-state index contributed by atoms with van der Waals surface area (Å²) in [6.07, 6.45) is 3.55. The van der Waals surface area contributed by atoms with E-state index < -0.39 is 0 Å². The van der Waals surface area contributed by atoms with E-state index in [9.17, 15) is 4.79 Å². The standard InChI is InChI=1S/C35H44ClN3O3/c1-6-23(3)42-33-22-31-27(20-32(33)41-5)21-34(40)39(35(31)26-8-12-28(36)13-9-26)30-14-10-25(11-15-30)24(4)38(7-2)29-16-18-37-19-17-29/h8-15,20,22-24,29,35,37H,6-7,16-19,21H2,1-5H3. The predicted molar refractivity (Wildman–Crippen MR) is 171 cm³/mol. The van der Waals surface area contributed by atoms with Gasteiger partial charge in [-0.2, -0.15) is 0 Å². The molecule has 0 aromatic heterocycles. The quantitative estimate of drug-likeness (QED) is 0.268. The van der Waals surface area contributed by atoms with Gasteiger partial charge in [0, 0.05) is 22.8 Å². The Morgan fingerprint density at radius 3 is 2.31 bits per heavy atom. The molecule has 0 aliphatic carbocycles. The summed E-state index contributed by atoms with van der Waals surface area (Å²) >= 11 is 6.29. The monoisotopic (exact) mass is 589 g/mol. The minimum Gasteiger partial charge on any atom is -0.493 e. The average Bonchev–Trinajstić information content (AvgIpc) is 3.01. The number of hydrogen-bond acceptors (Lipinski definition) is 5. The molecule has 1 fully saturated rings. The zero-order valence-corrected chi connectivity index (χ0v) is 26.3. The third kappa shape index (κ3) is 6.31. The first-order valence-electron chi connectivity index (χ1n) is 15.4. The van der Waals surface area contributed by atoms with Crippen molar-refractivity contribution in [2.75, 3.05) is 31.6 Å². The van der Waals surface area contributed by atoms with Gasteiger partial charge in [0.25, 0.3) is 0 Å². The number of rotatable bonds is 10. The Bertz CT molecular complexity index is 1360. The highest BCUT2D eigenvalue weighted by Crippen LogP contribution is 2.44. The van der Waals surface area contributed by atoms with Crippen LogP contribution in [0.4, 0.5) is 5.69 Å². The molecule has 3 aromatic carbocycles. The Balaban J connectivity index is 1.53. The molecule has 42 heavy (non-hydrogen) atoms. The van der Waals surface area contributed by atoms with Crippen LogP contribution in [0.1, 0.15) is 81.3 Å². The first-order chi connectivity index (χ1) is 20.3. The van der Waals surface area contributed by atoms with Gasteiger partial charge in [0.15, 0.2) is 11.5 Å². The first kappa shape index (κ1) is 30.4. The van der Waals surface area contributed by atoms with Crippen LogP contribution >= 0.6 is 11.6 Å². The first-order valence-corrected chi connectivity index (χ1v) is 15.7. The second-order valence-electron chi connectivity index (χ2n) is 11.5. The number of methoxy groups -OCH3 is 1. The van der Waals surface area contributed by atoms with E-state index in [1.54, 1.807) is 7.11 Å². The number of benzene rings is 3. The van der Waals surface area contributed by atoms with Gasteiger partial charge in [-0.05, 0) is 111 Å². The summed E-state index contributed by atoms with van der Waals surface area (Å²) in [6, 6.07) is 21.0. The Morgan fingerprint density at radius 1 is 1.00 bits per heavy atom. The summed E-state index contributed by atoms with van der Waals surface area (Å²) in [7, 11) is 1.65. The van der Waals surface area contributed by atoms with Crippen LogP contribution in [0.2, 0.25) is 5.02 Å². The molecule has 7 heteroatoms. The molecule has 5 rings (SSSR count). The van der Waals surface area contributed by atoms with Crippen LogP contribution in [0.5, 0.6) is 11.5 Å². The number of halogens is 1. The van der Waals surface area contributed by atoms with E-state index in [-0.39, 0.29) is 24.5 Å². The lowest BCUT2D eigenvalue weighted by Crippen LogP contribution is -2.44. The van der Waals surface area contributed by atoms with Gasteiger partial charge in [-0.25, -0.2) is 0 Å². The van der Waals surface area contributed by atoms with E-state index in [2.05, 4.69) is 68.2 Å². The number of ether oxygens (including phenoxy) is 2. The lowest BCUT2D eigenvalue weighted by Gasteiger charge is -2.39. The average molecular weight is 590 g/mol. The molecular weight excluding hydrogens is 546 g/mol. The van der Waals surface area contributed by atoms with Crippen molar-refractivity contribution in [2.24, 2.45) is 0 Å². The fourth-order valence-electron chi connectivity index (χ4n) is 6.47. The topological polar surface area (TPSA) is 54.0 Å². The van der Waals surface area contributed by atoms with Crippen molar-refractivity contribution >= 4 is 23.2 Å². The van der Waals surface area contributed by atoms with E-state index in [4.69, 9.17) is 21.1 Å². The van der Waals surface area contributed by atoms with Gasteiger partial charge in [0.2, 0.25) is 5.91 Å². The highest BCUT2D eigenvalue weighted by Gasteiger charge is 2.36. The van der Waals surface area contributed by atoms with E-state index in [0.29, 0.717) is 28.6 Å². The largest absolute Gasteiger partial charge is 0.493 e. The van der Waals surface area contributed by atoms with Gasteiger partial charge >= 0.3 is 0 Å². The molecule has 1 amide bonds. The Hall–Kier alpha value is -3.06. The van der Waals surface area contributed by atoms with Crippen LogP contribution in [-0.2, 0) is 11.2 Å². The number of piperidine rings is 1. The normalized spacial score (nSPS) is 19.0. The van der Waals surface area contributed by atoms with Crippen molar-refractivity contribution in [1.82, 2.24) is 10.2 Å². The van der Waals surface area contributed by atoms with E-state index in [1.165, 1.54) is 18.4 Å². The fraction of sp³-hybridized carbons (Fsp3) is 0.457. The lowest BCUT2D eigenvalue weighted by atomic mass is 9.86. The predicted octanol–water partition coefficient (Wildman–Crippen LogP) is 7.34. The summed E-state index contributed by atoms with van der Waals surface area (Å²) in [5.74, 6) is 1.39. The maximum Gasteiger partial charge on any atom is 0.232 e. The molecule has 6 nitrogen and oxygen atoms in total. The van der Waals surface area contributed by atoms with Crippen molar-refractivity contribution in [3.63, 3.8) is 0 Å². The molecule has 3 unspecified atom stereocenters. The van der Waals surface area contributed by atoms with Gasteiger partial charge < -0.3 is 19.7 Å². The van der Waals surface area contributed by atoms with Crippen LogP contribution in [0.25, 0.3) is 0 Å². The van der Waals surface area contributed by atoms with Crippen molar-refractivity contribution in [3.8, 4) is 11.5 Å². The van der Waals surface area contributed by atoms with Crippen LogP contribution in [-0.4, -0.2) is 49.7 Å². The highest BCUT2D eigenvalue weighted by atomic mass is 35.5. The molecule has 3 aromatic rings. The Morgan fingerprint density at radius 2 is 1.69 bits per heavy atom. The molecule has 0 radical (unpaired) electrons. The molecule has 2 heterocycles. The number of amides is 1. The summed E-state index contributed by atoms with van der Waals surface area (Å²) < 4.78 is 12.0. The molecule has 0 bridgehead atoms. The maximum absolute atomic E-state index is 13.9. The van der Waals surface area contributed by atoms with E-state index in [0.717, 1.165) is 48.4 Å². The van der Waals surface area contributed by atoms with Gasteiger partial charge in [0.1, 0.15) is 0 Å². The van der Waals surface area contributed by atoms with Gasteiger partial charge in [-0.15, -0.1) is 0 Å². The maximum atomic E-state index is 13.9. The van der Waals surface area contributed by atoms with Crippen molar-refractivity contribution in [2.45, 2.75) is 77.6 Å². The number of carbonyl (C=O) groups is 1. The number of anilines is 1. The number of nitrogens with one attached hydrogen (secondary N) is 1. The third-order valence-corrected chi connectivity index (χ3v) is 9.22. The molecular formula is C35H44ClN3O3. The Kier molecular flexibility index (Phi) is 9.77. The third-order valence-electron chi connectivity index (χ3n) is 8.97. The van der Waals surface area contributed by atoms with Crippen molar-refractivity contribution in [3.05, 3.63) is 87.9 Å². The molecule has 0 saturated carbocycles. The SMILES string of the molecule is CCC(C)Oc1cc2c(cc1OC)CC(=O)N(c1ccc(C(C)N(CC)C3CCNCC3)cc1)C2c1ccc(Cl)cc1. The minimum atomic E-state index is -0.325. The molecule has 1 saturated heterocycles. The van der Waals surface area contributed by atoms with Crippen LogP contribution in [0.15, 0.2) is 60.7 Å². The molecule has 224 valence electrons. The van der Waals surface area contributed by atoms with Crippen LogP contribution < -0.4 is 19.7 Å². The summed E-state index contributed by atoms with van der Waals surface area (Å²) in [5, 5.41) is 4.15. The molecule has 3 atom stereocenters. The fourth-order valence-corrected chi connectivity index (χ4v) is 6.59. The highest BCUT2D eigenvalue weighted by molar-refractivity contribution is 6.30. The van der Waals surface area contributed by atoms with Gasteiger partial charge in [-0.3, -0.25) is 9.69 Å². The number of carbonyl (C=O) groups excluding carboxylic acids is 1. The second-order valence-corrected chi connectivity index (χ2v) is 11.9. The zero-order valence-electron chi connectivity index (χ0n) is 25.5. The summed E-state index contributed by atoms with van der Waals surface area (Å²) in [4.78, 5) is 18.5. The van der Waals surface area contributed by atoms with Gasteiger partial charge in [0.05, 0.1) is 25.7 Å². The van der Waals surface area contributed by atoms with Crippen LogP contribution in [0, 0.1) is 0 Å². The molecule has 1 N–H and O–H groups in total. The molecule has 2 aliphatic heterocycles. The minimum absolute atomic E-state index is 0.0364. The molecule has 2 aliphatic rings. The van der Waals surface area contributed by atoms with E-state index >= 15 is 0 Å². The van der Waals surface area contributed by atoms with Gasteiger partial charge in [-0.1, -0.05) is 49.7 Å². The Labute approximate surface area is 255 Å². The lowest BCUT2D eigenvalue weighted by molar-refractivity contribution is -0.118. The second kappa shape index (κ2) is 13.5. The zero-order chi connectivity index (χ0) is 29.8. The number of nitrogens with zero attached hydrogens (tertiary/aromatic N) is 2. The number of hydrogen-bond donors (Lipinski definition) is 1. The summed E-state index contributed by atoms with van der Waals surface area (Å²) in [6.45, 7) is 11.9. The van der Waals surface area contributed by atoms with E-state index in [1.807, 2.05) is 35.2 Å².